The van der Waals surface area contributed by atoms with Crippen LogP contribution < -0.4 is 14.2 Å². The number of ether oxygens (including phenoxy) is 3. The Morgan fingerprint density at radius 3 is 2.05 bits per heavy atom. The molecule has 0 aromatic heterocycles. The van der Waals surface area contributed by atoms with Gasteiger partial charge in [-0.05, 0) is 92.5 Å². The van der Waals surface area contributed by atoms with Crippen LogP contribution in [0.25, 0.3) is 0 Å². The molecule has 4 heteroatoms. The fourth-order valence-electron chi connectivity index (χ4n) is 5.10. The lowest BCUT2D eigenvalue weighted by Gasteiger charge is -2.26. The lowest BCUT2D eigenvalue weighted by Crippen LogP contribution is -2.13. The minimum absolute atomic E-state index is 0.382. The molecule has 0 radical (unpaired) electrons. The molecule has 1 saturated carbocycles. The standard InChI is InChI=1S/C34H48O4/c1-3-5-7-8-10-26-36-31-20-18-30(19-21-31)34(35)38-33-24-22-32(23-25-33)37-27-11-13-29-16-14-28(15-17-29)12-9-6-4-2/h11,13,18-25,28-29H,3-10,12,14-17,26-27H2,1-2H3. The van der Waals surface area contributed by atoms with Gasteiger partial charge in [0, 0.05) is 0 Å². The topological polar surface area (TPSA) is 44.8 Å². The quantitative estimate of drug-likeness (QED) is 0.0901. The third-order valence-electron chi connectivity index (χ3n) is 7.50. The predicted molar refractivity (Wildman–Crippen MR) is 156 cm³/mol. The number of carbonyl (C=O) groups is 1. The van der Waals surface area contributed by atoms with Gasteiger partial charge in [0.1, 0.15) is 23.9 Å². The molecule has 3 rings (SSSR count). The minimum atomic E-state index is -0.382. The molecule has 2 aromatic carbocycles. The molecule has 0 atom stereocenters. The van der Waals surface area contributed by atoms with Crippen molar-refractivity contribution in [2.45, 2.75) is 97.3 Å². The summed E-state index contributed by atoms with van der Waals surface area (Å²) in [6.45, 7) is 5.76. The first-order chi connectivity index (χ1) is 18.7. The largest absolute Gasteiger partial charge is 0.494 e. The van der Waals surface area contributed by atoms with E-state index < -0.39 is 0 Å². The third-order valence-corrected chi connectivity index (χ3v) is 7.50. The molecule has 38 heavy (non-hydrogen) atoms. The van der Waals surface area contributed by atoms with Crippen molar-refractivity contribution in [1.29, 1.82) is 0 Å². The lowest BCUT2D eigenvalue weighted by atomic mass is 9.79. The van der Waals surface area contributed by atoms with E-state index in [2.05, 4.69) is 26.0 Å². The Morgan fingerprint density at radius 1 is 0.737 bits per heavy atom. The molecule has 1 fully saturated rings. The Morgan fingerprint density at radius 2 is 1.34 bits per heavy atom. The Labute approximate surface area is 230 Å². The van der Waals surface area contributed by atoms with Gasteiger partial charge in [-0.3, -0.25) is 0 Å². The van der Waals surface area contributed by atoms with Crippen LogP contribution >= 0.6 is 0 Å². The molecule has 0 amide bonds. The molecule has 0 saturated heterocycles. The van der Waals surface area contributed by atoms with Crippen LogP contribution in [0.3, 0.4) is 0 Å². The fraction of sp³-hybridized carbons (Fsp3) is 0.559. The molecular formula is C34H48O4. The number of allylic oxidation sites excluding steroid dienone is 1. The minimum Gasteiger partial charge on any atom is -0.494 e. The van der Waals surface area contributed by atoms with Gasteiger partial charge in [0.15, 0.2) is 0 Å². The molecule has 1 aliphatic carbocycles. The highest BCUT2D eigenvalue weighted by Crippen LogP contribution is 2.32. The van der Waals surface area contributed by atoms with Crippen molar-refractivity contribution >= 4 is 5.97 Å². The maximum absolute atomic E-state index is 12.5. The summed E-state index contributed by atoms with van der Waals surface area (Å²) in [4.78, 5) is 12.5. The van der Waals surface area contributed by atoms with Gasteiger partial charge in [0.2, 0.25) is 0 Å². The monoisotopic (exact) mass is 520 g/mol. The van der Waals surface area contributed by atoms with Gasteiger partial charge < -0.3 is 14.2 Å². The Hall–Kier alpha value is -2.75. The maximum Gasteiger partial charge on any atom is 0.343 e. The zero-order chi connectivity index (χ0) is 26.8. The molecule has 0 bridgehead atoms. The van der Waals surface area contributed by atoms with Crippen molar-refractivity contribution in [2.75, 3.05) is 13.2 Å². The number of esters is 1. The summed E-state index contributed by atoms with van der Waals surface area (Å²) in [5.74, 6) is 3.30. The maximum atomic E-state index is 12.5. The molecule has 2 aromatic rings. The first-order valence-electron chi connectivity index (χ1n) is 15.0. The molecular weight excluding hydrogens is 472 g/mol. The predicted octanol–water partition coefficient (Wildman–Crippen LogP) is 9.58. The van der Waals surface area contributed by atoms with Gasteiger partial charge in [-0.25, -0.2) is 4.79 Å². The van der Waals surface area contributed by atoms with Gasteiger partial charge in [-0.1, -0.05) is 77.4 Å². The van der Waals surface area contributed by atoms with Crippen LogP contribution in [-0.2, 0) is 0 Å². The third kappa shape index (κ3) is 11.3. The molecule has 0 heterocycles. The van der Waals surface area contributed by atoms with Crippen LogP contribution in [-0.4, -0.2) is 19.2 Å². The van der Waals surface area contributed by atoms with Crippen molar-refractivity contribution < 1.29 is 19.0 Å². The molecule has 0 spiro atoms. The number of rotatable bonds is 17. The second-order valence-electron chi connectivity index (χ2n) is 10.7. The first kappa shape index (κ1) is 29.8. The SMILES string of the molecule is CCCCCCCOc1ccc(C(=O)Oc2ccc(OCC=CC3CCC(CCCCC)CC3)cc2)cc1. The van der Waals surface area contributed by atoms with E-state index in [9.17, 15) is 4.79 Å². The lowest BCUT2D eigenvalue weighted by molar-refractivity contribution is 0.0734. The van der Waals surface area contributed by atoms with E-state index in [-0.39, 0.29) is 5.97 Å². The van der Waals surface area contributed by atoms with Gasteiger partial charge in [-0.15, -0.1) is 0 Å². The summed E-state index contributed by atoms with van der Waals surface area (Å²) in [5.41, 5.74) is 0.501. The van der Waals surface area contributed by atoms with Gasteiger partial charge in [0.25, 0.3) is 0 Å². The summed E-state index contributed by atoms with van der Waals surface area (Å²) < 4.78 is 17.2. The Bertz CT molecular complexity index is 924. The number of unbranched alkanes of at least 4 members (excludes halogenated alkanes) is 6. The van der Waals surface area contributed by atoms with E-state index in [0.29, 0.717) is 30.4 Å². The average molecular weight is 521 g/mol. The van der Waals surface area contributed by atoms with Gasteiger partial charge in [-0.2, -0.15) is 0 Å². The van der Waals surface area contributed by atoms with Crippen molar-refractivity contribution in [3.05, 3.63) is 66.2 Å². The van der Waals surface area contributed by atoms with Crippen molar-refractivity contribution in [3.8, 4) is 17.2 Å². The highest BCUT2D eigenvalue weighted by molar-refractivity contribution is 5.91. The summed E-state index contributed by atoms with van der Waals surface area (Å²) in [6.07, 6.45) is 21.4. The molecule has 1 aliphatic rings. The highest BCUT2D eigenvalue weighted by atomic mass is 16.5. The Kier molecular flexibility index (Phi) is 13.9. The summed E-state index contributed by atoms with van der Waals surface area (Å²) >= 11 is 0. The summed E-state index contributed by atoms with van der Waals surface area (Å²) in [7, 11) is 0. The molecule has 208 valence electrons. The molecule has 4 nitrogen and oxygen atoms in total. The fourth-order valence-corrected chi connectivity index (χ4v) is 5.10. The van der Waals surface area contributed by atoms with Crippen LogP contribution in [0.1, 0.15) is 108 Å². The summed E-state index contributed by atoms with van der Waals surface area (Å²) in [5, 5.41) is 0. The number of benzene rings is 2. The highest BCUT2D eigenvalue weighted by Gasteiger charge is 2.18. The van der Waals surface area contributed by atoms with Crippen molar-refractivity contribution in [1.82, 2.24) is 0 Å². The van der Waals surface area contributed by atoms with Crippen LogP contribution in [0.5, 0.6) is 17.2 Å². The second kappa shape index (κ2) is 17.7. The number of hydrogen-bond acceptors (Lipinski definition) is 4. The van der Waals surface area contributed by atoms with Gasteiger partial charge >= 0.3 is 5.97 Å². The first-order valence-corrected chi connectivity index (χ1v) is 15.0. The number of carbonyl (C=O) groups excluding carboxylic acids is 1. The van der Waals surface area contributed by atoms with E-state index in [1.54, 1.807) is 24.3 Å². The van der Waals surface area contributed by atoms with E-state index in [1.165, 1.54) is 77.0 Å². The smallest absolute Gasteiger partial charge is 0.343 e. The van der Waals surface area contributed by atoms with Crippen molar-refractivity contribution in [2.24, 2.45) is 11.8 Å². The average Bonchev–Trinajstić information content (AvgIpc) is 2.95. The normalized spacial score (nSPS) is 17.4. The molecule has 0 unspecified atom stereocenters. The van der Waals surface area contributed by atoms with Crippen molar-refractivity contribution in [3.63, 3.8) is 0 Å². The van der Waals surface area contributed by atoms with Crippen LogP contribution in [0.2, 0.25) is 0 Å². The zero-order valence-corrected chi connectivity index (χ0v) is 23.7. The van der Waals surface area contributed by atoms with E-state index >= 15 is 0 Å². The molecule has 0 aliphatic heterocycles. The van der Waals surface area contributed by atoms with Crippen LogP contribution in [0, 0.1) is 11.8 Å². The van der Waals surface area contributed by atoms with Crippen LogP contribution in [0.4, 0.5) is 0 Å². The van der Waals surface area contributed by atoms with E-state index in [1.807, 2.05) is 24.3 Å². The van der Waals surface area contributed by atoms with Crippen LogP contribution in [0.15, 0.2) is 60.7 Å². The summed E-state index contributed by atoms with van der Waals surface area (Å²) in [6, 6.07) is 14.4. The molecule has 0 N–H and O–H groups in total. The Balaban J connectivity index is 1.32. The number of hydrogen-bond donors (Lipinski definition) is 0. The van der Waals surface area contributed by atoms with E-state index in [0.717, 1.165) is 23.8 Å². The zero-order valence-electron chi connectivity index (χ0n) is 23.7. The second-order valence-corrected chi connectivity index (χ2v) is 10.7. The van der Waals surface area contributed by atoms with E-state index in [4.69, 9.17) is 14.2 Å². The van der Waals surface area contributed by atoms with Gasteiger partial charge in [0.05, 0.1) is 12.2 Å².